The lowest BCUT2D eigenvalue weighted by atomic mass is 10.1. The zero-order valence-electron chi connectivity index (χ0n) is 23.2. The smallest absolute Gasteiger partial charge is 0.405 e. The van der Waals surface area contributed by atoms with E-state index in [4.69, 9.17) is 4.74 Å². The second-order valence-corrected chi connectivity index (χ2v) is 11.7. The molecule has 2 bridgehead atoms. The minimum Gasteiger partial charge on any atom is -0.490 e. The highest BCUT2D eigenvalue weighted by molar-refractivity contribution is 6.45. The fraction of sp³-hybridized carbons (Fsp3) is 0.379. The van der Waals surface area contributed by atoms with Crippen LogP contribution in [0.3, 0.4) is 0 Å². The van der Waals surface area contributed by atoms with Crippen molar-refractivity contribution >= 4 is 33.3 Å². The van der Waals surface area contributed by atoms with Crippen LogP contribution < -0.4 is 25.7 Å². The molecule has 2 aromatic rings. The van der Waals surface area contributed by atoms with Crippen molar-refractivity contribution in [2.24, 2.45) is 0 Å². The van der Waals surface area contributed by atoms with E-state index < -0.39 is 63.7 Å². The van der Waals surface area contributed by atoms with Gasteiger partial charge in [-0.1, -0.05) is 54.6 Å². The summed E-state index contributed by atoms with van der Waals surface area (Å²) in [4.78, 5) is 54.1. The van der Waals surface area contributed by atoms with Crippen LogP contribution >= 0.6 is 0 Å². The molecule has 0 spiro atoms. The molecule has 4 amide bonds. The normalized spacial score (nSPS) is 21.7. The van der Waals surface area contributed by atoms with Crippen molar-refractivity contribution in [1.29, 1.82) is 0 Å². The van der Waals surface area contributed by atoms with Gasteiger partial charge in [-0.25, -0.2) is 0 Å². The van der Waals surface area contributed by atoms with Gasteiger partial charge in [0, 0.05) is 18.9 Å². The van der Waals surface area contributed by atoms with Crippen LogP contribution in [0.15, 0.2) is 66.7 Å². The maximum Gasteiger partial charge on any atom is 0.405 e. The van der Waals surface area contributed by atoms with E-state index >= 15 is 0 Å². The predicted octanol–water partition coefficient (Wildman–Crippen LogP) is 1.86. The number of rotatable bonds is 6. The molecule has 226 valence electrons. The summed E-state index contributed by atoms with van der Waals surface area (Å²) in [7, 11) is -1.68. The number of halogens is 3. The average molecular weight is 605 g/mol. The molecule has 3 rings (SSSR count). The van der Waals surface area contributed by atoms with Crippen molar-refractivity contribution in [3.05, 3.63) is 77.9 Å². The van der Waals surface area contributed by atoms with Crippen molar-refractivity contribution < 1.29 is 37.1 Å². The first-order valence-corrected chi connectivity index (χ1v) is 15.1. The van der Waals surface area contributed by atoms with Crippen molar-refractivity contribution in [2.45, 2.75) is 56.4 Å². The fourth-order valence-electron chi connectivity index (χ4n) is 4.39. The van der Waals surface area contributed by atoms with Gasteiger partial charge in [0.25, 0.3) is 0 Å². The lowest BCUT2D eigenvalue weighted by Crippen LogP contribution is -2.52. The fourth-order valence-corrected chi connectivity index (χ4v) is 5.79. The lowest BCUT2D eigenvalue weighted by Gasteiger charge is -2.23. The van der Waals surface area contributed by atoms with E-state index in [0.717, 1.165) is 11.1 Å². The molecule has 0 saturated heterocycles. The molecule has 13 heteroatoms. The van der Waals surface area contributed by atoms with Crippen LogP contribution in [0.25, 0.3) is 0 Å². The quantitative estimate of drug-likeness (QED) is 0.296. The average Bonchev–Trinajstić information content (AvgIpc) is 2.94. The molecule has 1 aliphatic rings. The third kappa shape index (κ3) is 11.4. The Morgan fingerprint density at radius 1 is 1.05 bits per heavy atom. The minimum absolute atomic E-state index is 0.0667. The van der Waals surface area contributed by atoms with Crippen LogP contribution in [0, 0.1) is 0 Å². The van der Waals surface area contributed by atoms with E-state index in [-0.39, 0.29) is 19.4 Å². The number of amides is 4. The Labute approximate surface area is 244 Å². The van der Waals surface area contributed by atoms with E-state index in [9.17, 15) is 32.3 Å². The van der Waals surface area contributed by atoms with Gasteiger partial charge in [0.1, 0.15) is 40.7 Å². The summed E-state index contributed by atoms with van der Waals surface area (Å²) in [6.07, 6.45) is -0.479. The third-order valence-electron chi connectivity index (χ3n) is 6.53. The van der Waals surface area contributed by atoms with Crippen LogP contribution in [0.4, 0.5) is 13.2 Å². The van der Waals surface area contributed by atoms with Gasteiger partial charge >= 0.3 is 6.18 Å². The molecular weight excluding hydrogens is 569 g/mol. The Morgan fingerprint density at radius 2 is 1.81 bits per heavy atom. The van der Waals surface area contributed by atoms with Gasteiger partial charge in [0.05, 0.1) is 0 Å². The number of hydrogen-bond donors (Lipinski definition) is 4. The minimum atomic E-state index is -4.62. The van der Waals surface area contributed by atoms with Gasteiger partial charge in [-0.2, -0.15) is 13.2 Å². The zero-order valence-corrected chi connectivity index (χ0v) is 24.6. The number of benzene rings is 2. The third-order valence-corrected chi connectivity index (χ3v) is 8.36. The van der Waals surface area contributed by atoms with E-state index in [2.05, 4.69) is 15.6 Å². The topological polar surface area (TPSA) is 126 Å². The second kappa shape index (κ2) is 15.8. The summed E-state index contributed by atoms with van der Waals surface area (Å²) < 4.78 is 44.0. The molecule has 0 radical (unpaired) electrons. The molecule has 4 N–H and O–H groups in total. The van der Waals surface area contributed by atoms with Crippen LogP contribution in [-0.4, -0.2) is 64.7 Å². The first-order chi connectivity index (χ1) is 20.0. The number of carbonyl (C=O) groups excluding carboxylic acids is 4. The summed E-state index contributed by atoms with van der Waals surface area (Å²) >= 11 is 0. The van der Waals surface area contributed by atoms with Crippen LogP contribution in [0.1, 0.15) is 30.9 Å². The summed E-state index contributed by atoms with van der Waals surface area (Å²) in [5.41, 5.74) is 1.03. The van der Waals surface area contributed by atoms with E-state index in [1.54, 1.807) is 36.4 Å². The highest BCUT2D eigenvalue weighted by atomic mass is 28.2. The largest absolute Gasteiger partial charge is 0.490 e. The Morgan fingerprint density at radius 3 is 2.52 bits per heavy atom. The second-order valence-electron chi connectivity index (χ2n) is 9.98. The predicted molar refractivity (Wildman–Crippen MR) is 153 cm³/mol. The maximum atomic E-state index is 13.4. The van der Waals surface area contributed by atoms with Gasteiger partial charge in [-0.05, 0) is 42.5 Å². The molecule has 0 aliphatic carbocycles. The molecule has 0 fully saturated rings. The molecule has 1 aliphatic heterocycles. The molecule has 3 atom stereocenters. The summed E-state index contributed by atoms with van der Waals surface area (Å²) in [5, 5.41) is 7.10. The summed E-state index contributed by atoms with van der Waals surface area (Å²) in [5.74, 6) is -1.86. The molecule has 9 nitrogen and oxygen atoms in total. The highest BCUT2D eigenvalue weighted by Crippen LogP contribution is 2.18. The number of fused-ring (bicyclic) bond motifs is 2. The molecule has 42 heavy (non-hydrogen) atoms. The number of alkyl halides is 3. The Kier molecular flexibility index (Phi) is 12.1. The zero-order chi connectivity index (χ0) is 30.5. The monoisotopic (exact) mass is 604 g/mol. The first-order valence-electron chi connectivity index (χ1n) is 13.6. The van der Waals surface area contributed by atoms with E-state index in [1.165, 1.54) is 6.92 Å². The molecule has 1 heterocycles. The molecule has 0 saturated carbocycles. The lowest BCUT2D eigenvalue weighted by molar-refractivity contribution is -0.140. The molecular formula is C29H35F3N4O5Si. The maximum absolute atomic E-state index is 13.4. The summed E-state index contributed by atoms with van der Waals surface area (Å²) in [6.45, 7) is -0.135. The van der Waals surface area contributed by atoms with Crippen molar-refractivity contribution in [3.8, 4) is 5.75 Å². The van der Waals surface area contributed by atoms with Crippen LogP contribution in [-0.2, 0) is 32.0 Å². The Bertz CT molecular complexity index is 1260. The number of aryl methyl sites for hydroxylation is 1. The molecule has 1 unspecified atom stereocenters. The number of ether oxygens (including phenoxy) is 1. The van der Waals surface area contributed by atoms with Crippen molar-refractivity contribution in [2.75, 3.05) is 13.2 Å². The van der Waals surface area contributed by atoms with E-state index in [1.807, 2.05) is 35.6 Å². The van der Waals surface area contributed by atoms with E-state index in [0.29, 0.717) is 18.6 Å². The van der Waals surface area contributed by atoms with Gasteiger partial charge < -0.3 is 25.7 Å². The standard InChI is InChI=1S/C29H35F3N4O5Si/c1-19(37)34-24-17-21-10-7-11-22(16-21)41-15-6-5-12-23(26(38)33-18-29(30,31)32)35-28(40)25(42-36-27(24)39)14-13-20-8-3-2-4-9-20/h2-11,16,23-25H,12-15,17-18,42H2,1H3,(H,33,38)(H,34,37)(H,35,40)(H,36,39)/b6-5+/t23-,24?,25-/m0/s1. The number of nitrogens with one attached hydrogen (secondary N) is 4. The van der Waals surface area contributed by atoms with Gasteiger partial charge in [-0.3, -0.25) is 19.2 Å². The number of carbonyl (C=O) groups is 4. The SMILES string of the molecule is CC(=O)NC1Cc2cccc(c2)OC/C=C/C[C@@H](C(=O)NCC(F)(F)F)NC(=O)[C@H](CCc2ccccc2)[SiH2]NC1=O. The molecule has 2 aromatic carbocycles. The van der Waals surface area contributed by atoms with Gasteiger partial charge in [0.2, 0.25) is 23.6 Å². The van der Waals surface area contributed by atoms with Crippen molar-refractivity contribution in [3.63, 3.8) is 0 Å². The highest BCUT2D eigenvalue weighted by Gasteiger charge is 2.31. The Balaban J connectivity index is 1.87. The Hall–Kier alpha value is -4.13. The van der Waals surface area contributed by atoms with Crippen molar-refractivity contribution in [1.82, 2.24) is 20.9 Å². The number of hydrogen-bond acceptors (Lipinski definition) is 5. The summed E-state index contributed by atoms with van der Waals surface area (Å²) in [6, 6.07) is 14.2. The van der Waals surface area contributed by atoms with Gasteiger partial charge in [-0.15, -0.1) is 0 Å². The molecule has 0 aromatic heterocycles. The van der Waals surface area contributed by atoms with Gasteiger partial charge in [0.15, 0.2) is 0 Å². The first kappa shape index (κ1) is 32.4. The van der Waals surface area contributed by atoms with Crippen LogP contribution in [0.2, 0.25) is 5.54 Å². The van der Waals surface area contributed by atoms with Crippen LogP contribution in [0.5, 0.6) is 5.75 Å².